The van der Waals surface area contributed by atoms with Gasteiger partial charge in [-0.2, -0.15) is 18.3 Å². The molecule has 0 aliphatic carbocycles. The molecule has 0 saturated carbocycles. The van der Waals surface area contributed by atoms with E-state index in [0.717, 1.165) is 23.5 Å². The van der Waals surface area contributed by atoms with Gasteiger partial charge < -0.3 is 10.1 Å². The molecule has 1 aromatic carbocycles. The highest BCUT2D eigenvalue weighted by Gasteiger charge is 2.30. The lowest BCUT2D eigenvalue weighted by molar-refractivity contribution is -0.137. The van der Waals surface area contributed by atoms with Crippen LogP contribution in [0.4, 0.5) is 18.2 Å². The molecule has 0 unspecified atom stereocenters. The van der Waals surface area contributed by atoms with Gasteiger partial charge in [0.1, 0.15) is 15.7 Å². The zero-order valence-electron chi connectivity index (χ0n) is 16.0. The van der Waals surface area contributed by atoms with E-state index < -0.39 is 23.6 Å². The zero-order valence-corrected chi connectivity index (χ0v) is 16.8. The topological polar surface area (TPSA) is 86.1 Å². The summed E-state index contributed by atoms with van der Waals surface area (Å²) in [6, 6.07) is 6.36. The van der Waals surface area contributed by atoms with Crippen LogP contribution in [0, 0.1) is 0 Å². The van der Waals surface area contributed by atoms with Gasteiger partial charge in [0, 0.05) is 19.7 Å². The largest absolute Gasteiger partial charge is 0.461 e. The van der Waals surface area contributed by atoms with Gasteiger partial charge in [-0.1, -0.05) is 18.2 Å². The fourth-order valence-corrected chi connectivity index (χ4v) is 3.64. The number of ether oxygens (including phenoxy) is 1. The van der Waals surface area contributed by atoms with Gasteiger partial charge in [0.15, 0.2) is 5.69 Å². The molecule has 0 bridgehead atoms. The van der Waals surface area contributed by atoms with Crippen molar-refractivity contribution in [3.63, 3.8) is 0 Å². The molecule has 7 nitrogen and oxygen atoms in total. The van der Waals surface area contributed by atoms with Crippen LogP contribution in [0.1, 0.15) is 44.0 Å². The molecule has 30 heavy (non-hydrogen) atoms. The molecule has 1 N–H and O–H groups in total. The molecule has 1 amide bonds. The number of anilines is 1. The van der Waals surface area contributed by atoms with Crippen molar-refractivity contribution >= 4 is 28.2 Å². The zero-order chi connectivity index (χ0) is 21.9. The van der Waals surface area contributed by atoms with Crippen LogP contribution in [-0.2, 0) is 24.4 Å². The summed E-state index contributed by atoms with van der Waals surface area (Å²) in [5, 5.41) is 7.04. The minimum atomic E-state index is -4.46. The molecular formula is C19H17F3N4O3S. The van der Waals surface area contributed by atoms with Crippen molar-refractivity contribution in [2.45, 2.75) is 19.5 Å². The standard InChI is InChI=1S/C19H17F3N4O3S/c1-3-29-18(28)15-17(25-16(27)13-7-8-23-26(13)2)30-14(24-15)10-11-5-4-6-12(9-11)19(20,21)22/h4-9H,3,10H2,1-2H3,(H,25,27). The molecule has 2 heterocycles. The Kier molecular flexibility index (Phi) is 6.20. The van der Waals surface area contributed by atoms with Gasteiger partial charge in [0.05, 0.1) is 12.2 Å². The number of thiazole rings is 1. The SMILES string of the molecule is CCOC(=O)c1nc(Cc2cccc(C(F)(F)F)c2)sc1NC(=O)c1ccnn1C. The highest BCUT2D eigenvalue weighted by atomic mass is 32.1. The van der Waals surface area contributed by atoms with Crippen LogP contribution in [0.15, 0.2) is 36.5 Å². The maximum Gasteiger partial charge on any atom is 0.416 e. The summed E-state index contributed by atoms with van der Waals surface area (Å²) in [5.41, 5.74) is -0.234. The number of hydrogen-bond donors (Lipinski definition) is 1. The molecule has 2 aromatic heterocycles. The minimum Gasteiger partial charge on any atom is -0.461 e. The van der Waals surface area contributed by atoms with Crippen LogP contribution in [0.5, 0.6) is 0 Å². The van der Waals surface area contributed by atoms with E-state index in [1.54, 1.807) is 14.0 Å². The Hall–Kier alpha value is -3.21. The first-order chi connectivity index (χ1) is 14.2. The number of carbonyl (C=O) groups excluding carboxylic acids is 2. The molecule has 0 atom stereocenters. The summed E-state index contributed by atoms with van der Waals surface area (Å²) in [6.07, 6.45) is -2.95. The maximum absolute atomic E-state index is 12.9. The van der Waals surface area contributed by atoms with Crippen molar-refractivity contribution in [2.24, 2.45) is 7.05 Å². The fourth-order valence-electron chi connectivity index (χ4n) is 2.66. The Morgan fingerprint density at radius 3 is 2.67 bits per heavy atom. The summed E-state index contributed by atoms with van der Waals surface area (Å²) in [6.45, 7) is 1.73. The third-order valence-corrected chi connectivity index (χ3v) is 5.00. The number of rotatable bonds is 6. The average Bonchev–Trinajstić information content (AvgIpc) is 3.27. The lowest BCUT2D eigenvalue weighted by atomic mass is 10.1. The summed E-state index contributed by atoms with van der Waals surface area (Å²) in [4.78, 5) is 28.9. The lowest BCUT2D eigenvalue weighted by Crippen LogP contribution is -2.17. The molecular weight excluding hydrogens is 421 g/mol. The summed E-state index contributed by atoms with van der Waals surface area (Å²) >= 11 is 0.999. The maximum atomic E-state index is 12.9. The first-order valence-electron chi connectivity index (χ1n) is 8.81. The highest BCUT2D eigenvalue weighted by Crippen LogP contribution is 2.31. The Balaban J connectivity index is 1.89. The number of benzene rings is 1. The number of aromatic nitrogens is 3. The molecule has 0 fully saturated rings. The number of nitrogens with one attached hydrogen (secondary N) is 1. The second kappa shape index (κ2) is 8.66. The number of alkyl halides is 3. The van der Waals surface area contributed by atoms with Crippen molar-refractivity contribution in [3.8, 4) is 0 Å². The van der Waals surface area contributed by atoms with Crippen molar-refractivity contribution < 1.29 is 27.5 Å². The van der Waals surface area contributed by atoms with E-state index in [4.69, 9.17) is 4.74 Å². The Bertz CT molecular complexity index is 1080. The van der Waals surface area contributed by atoms with Gasteiger partial charge in [-0.3, -0.25) is 9.48 Å². The van der Waals surface area contributed by atoms with Crippen LogP contribution in [0.3, 0.4) is 0 Å². The molecule has 0 saturated heterocycles. The number of nitrogens with zero attached hydrogens (tertiary/aromatic N) is 3. The second-order valence-electron chi connectivity index (χ2n) is 6.17. The monoisotopic (exact) mass is 438 g/mol. The van der Waals surface area contributed by atoms with Crippen LogP contribution in [0.2, 0.25) is 0 Å². The molecule has 3 rings (SSSR count). The number of aryl methyl sites for hydroxylation is 1. The lowest BCUT2D eigenvalue weighted by Gasteiger charge is -2.07. The highest BCUT2D eigenvalue weighted by molar-refractivity contribution is 7.16. The molecule has 0 aliphatic rings. The van der Waals surface area contributed by atoms with Crippen LogP contribution in [0.25, 0.3) is 0 Å². The quantitative estimate of drug-likeness (QED) is 0.590. The number of amides is 1. The number of halogens is 3. The Morgan fingerprint density at radius 2 is 2.03 bits per heavy atom. The fraction of sp³-hybridized carbons (Fsp3) is 0.263. The normalized spacial score (nSPS) is 11.4. The van der Waals surface area contributed by atoms with Crippen molar-refractivity contribution in [1.82, 2.24) is 14.8 Å². The van der Waals surface area contributed by atoms with Gasteiger partial charge in [-0.15, -0.1) is 11.3 Å². The predicted octanol–water partition coefficient (Wildman–Crippen LogP) is 3.92. The number of esters is 1. The van der Waals surface area contributed by atoms with E-state index in [9.17, 15) is 22.8 Å². The molecule has 0 radical (unpaired) electrons. The van der Waals surface area contributed by atoms with Gasteiger partial charge in [-0.25, -0.2) is 9.78 Å². The minimum absolute atomic E-state index is 0.0581. The van der Waals surface area contributed by atoms with Crippen LogP contribution >= 0.6 is 11.3 Å². The van der Waals surface area contributed by atoms with E-state index in [0.29, 0.717) is 10.6 Å². The summed E-state index contributed by atoms with van der Waals surface area (Å²) < 4.78 is 45.2. The number of carbonyl (C=O) groups is 2. The third-order valence-electron chi connectivity index (χ3n) is 4.03. The Labute approximate surface area is 173 Å². The van der Waals surface area contributed by atoms with Crippen LogP contribution in [-0.4, -0.2) is 33.2 Å². The molecule has 0 spiro atoms. The van der Waals surface area contributed by atoms with Gasteiger partial charge >= 0.3 is 12.1 Å². The predicted molar refractivity (Wildman–Crippen MR) is 103 cm³/mol. The van der Waals surface area contributed by atoms with E-state index in [1.165, 1.54) is 29.1 Å². The van der Waals surface area contributed by atoms with Gasteiger partial charge in [0.25, 0.3) is 5.91 Å². The van der Waals surface area contributed by atoms with Crippen LogP contribution < -0.4 is 5.32 Å². The molecule has 11 heteroatoms. The molecule has 0 aliphatic heterocycles. The van der Waals surface area contributed by atoms with E-state index in [-0.39, 0.29) is 29.4 Å². The van der Waals surface area contributed by atoms with Gasteiger partial charge in [0.2, 0.25) is 0 Å². The van der Waals surface area contributed by atoms with Gasteiger partial charge in [-0.05, 0) is 24.6 Å². The number of hydrogen-bond acceptors (Lipinski definition) is 6. The summed E-state index contributed by atoms with van der Waals surface area (Å²) in [7, 11) is 1.59. The van der Waals surface area contributed by atoms with E-state index in [1.807, 2.05) is 0 Å². The van der Waals surface area contributed by atoms with E-state index in [2.05, 4.69) is 15.4 Å². The average molecular weight is 438 g/mol. The third kappa shape index (κ3) is 4.85. The first kappa shape index (κ1) is 21.5. The first-order valence-corrected chi connectivity index (χ1v) is 9.63. The second-order valence-corrected chi connectivity index (χ2v) is 7.26. The van der Waals surface area contributed by atoms with Crippen molar-refractivity contribution in [1.29, 1.82) is 0 Å². The molecule has 158 valence electrons. The van der Waals surface area contributed by atoms with E-state index >= 15 is 0 Å². The Morgan fingerprint density at radius 1 is 1.27 bits per heavy atom. The van der Waals surface area contributed by atoms with Crippen molar-refractivity contribution in [3.05, 3.63) is 64.1 Å². The smallest absolute Gasteiger partial charge is 0.416 e. The molecule has 3 aromatic rings. The van der Waals surface area contributed by atoms with Crippen molar-refractivity contribution in [2.75, 3.05) is 11.9 Å². The summed E-state index contributed by atoms with van der Waals surface area (Å²) in [5.74, 6) is -1.24.